The van der Waals surface area contributed by atoms with Crippen LogP contribution in [-0.4, -0.2) is 13.6 Å². The van der Waals surface area contributed by atoms with E-state index in [2.05, 4.69) is 38.8 Å². The van der Waals surface area contributed by atoms with Crippen molar-refractivity contribution in [3.8, 4) is 0 Å². The summed E-state index contributed by atoms with van der Waals surface area (Å²) in [6.45, 7) is 3.03. The van der Waals surface area contributed by atoms with Crippen LogP contribution in [-0.2, 0) is 6.54 Å². The molecule has 1 aromatic rings. The molecule has 0 saturated carbocycles. The Bertz CT molecular complexity index is 350. The molecule has 0 aliphatic heterocycles. The number of halogens is 2. The number of alkyl halides is 2. The fourth-order valence-corrected chi connectivity index (χ4v) is 3.56. The molecule has 0 aliphatic carbocycles. The molecule has 0 amide bonds. The Hall–Kier alpha value is 0.390. The topological polar surface area (TPSA) is 22.0 Å². The summed E-state index contributed by atoms with van der Waals surface area (Å²) in [5.74, 6) is 0. The molecular weight excluding hydrogens is 354 g/mol. The molecule has 0 bridgehead atoms. The van der Waals surface area contributed by atoms with E-state index in [0.717, 1.165) is 19.4 Å². The third-order valence-electron chi connectivity index (χ3n) is 2.44. The third-order valence-corrected chi connectivity index (χ3v) is 6.22. The van der Waals surface area contributed by atoms with Crippen molar-refractivity contribution >= 4 is 43.4 Å². The lowest BCUT2D eigenvalue weighted by Gasteiger charge is -2.15. The van der Waals surface area contributed by atoms with Crippen molar-refractivity contribution in [3.05, 3.63) is 21.8 Å². The minimum absolute atomic E-state index is 0.125. The fraction of sp³-hybridized carbons (Fsp3) is 0.727. The maximum absolute atomic E-state index is 11.3. The molecule has 5 heteroatoms. The summed E-state index contributed by atoms with van der Waals surface area (Å²) in [5, 5.41) is 1.85. The van der Waals surface area contributed by atoms with Crippen molar-refractivity contribution in [1.29, 1.82) is 0 Å². The highest BCUT2D eigenvalue weighted by molar-refractivity contribution is 9.12. The molecule has 0 aromatic carbocycles. The van der Waals surface area contributed by atoms with Gasteiger partial charge in [0.15, 0.2) is 0 Å². The smallest absolute Gasteiger partial charge is 0.260 e. The summed E-state index contributed by atoms with van der Waals surface area (Å²) in [6, 6.07) is 1.63. The van der Waals surface area contributed by atoms with E-state index in [1.54, 1.807) is 6.07 Å². The number of aromatic nitrogens is 1. The predicted octanol–water partition coefficient (Wildman–Crippen LogP) is 4.02. The van der Waals surface area contributed by atoms with Gasteiger partial charge in [0.2, 0.25) is 0 Å². The molecule has 2 unspecified atom stereocenters. The Morgan fingerprint density at radius 1 is 1.38 bits per heavy atom. The molecule has 16 heavy (non-hydrogen) atoms. The maximum Gasteiger partial charge on any atom is 0.260 e. The summed E-state index contributed by atoms with van der Waals surface area (Å²) in [5.41, 5.74) is 0.125. The number of hydrogen-bond donors (Lipinski definition) is 0. The lowest BCUT2D eigenvalue weighted by atomic mass is 10.1. The van der Waals surface area contributed by atoms with Gasteiger partial charge in [0.1, 0.15) is 0 Å². The quantitative estimate of drug-likeness (QED) is 0.664. The van der Waals surface area contributed by atoms with E-state index in [1.807, 2.05) is 9.34 Å². The predicted molar refractivity (Wildman–Crippen MR) is 78.2 cm³/mol. The Balaban J connectivity index is 2.25. The van der Waals surface area contributed by atoms with Crippen LogP contribution >= 0.6 is 43.4 Å². The molecule has 0 radical (unpaired) electrons. The lowest BCUT2D eigenvalue weighted by Crippen LogP contribution is -2.16. The van der Waals surface area contributed by atoms with Crippen LogP contribution in [0, 0.1) is 0 Å². The molecular formula is C11H17Br2NOS. The van der Waals surface area contributed by atoms with Crippen LogP contribution < -0.4 is 5.56 Å². The molecule has 0 saturated heterocycles. The van der Waals surface area contributed by atoms with Crippen molar-refractivity contribution in [3.63, 3.8) is 0 Å². The highest BCUT2D eigenvalue weighted by atomic mass is 79.9. The first-order chi connectivity index (χ1) is 7.65. The van der Waals surface area contributed by atoms with Crippen LogP contribution in [0.25, 0.3) is 0 Å². The van der Waals surface area contributed by atoms with Crippen molar-refractivity contribution in [1.82, 2.24) is 3.96 Å². The molecule has 2 nitrogen and oxygen atoms in total. The monoisotopic (exact) mass is 369 g/mol. The van der Waals surface area contributed by atoms with E-state index >= 15 is 0 Å². The normalized spacial score (nSPS) is 14.9. The number of hydrogen-bond acceptors (Lipinski definition) is 2. The Kier molecular flexibility index (Phi) is 6.92. The highest BCUT2D eigenvalue weighted by Crippen LogP contribution is 2.23. The van der Waals surface area contributed by atoms with E-state index in [9.17, 15) is 4.79 Å². The lowest BCUT2D eigenvalue weighted by molar-refractivity contribution is 0.596. The molecule has 0 aliphatic rings. The van der Waals surface area contributed by atoms with Crippen LogP contribution in [0.15, 0.2) is 16.2 Å². The Morgan fingerprint density at radius 3 is 2.62 bits per heavy atom. The van der Waals surface area contributed by atoms with Gasteiger partial charge in [-0.05, 0) is 19.3 Å². The third kappa shape index (κ3) is 4.72. The van der Waals surface area contributed by atoms with E-state index in [-0.39, 0.29) is 5.56 Å². The van der Waals surface area contributed by atoms with Crippen molar-refractivity contribution < 1.29 is 0 Å². The zero-order valence-corrected chi connectivity index (χ0v) is 13.4. The highest BCUT2D eigenvalue weighted by Gasteiger charge is 2.14. The van der Waals surface area contributed by atoms with Gasteiger partial charge in [-0.25, -0.2) is 0 Å². The minimum Gasteiger partial charge on any atom is -0.268 e. The van der Waals surface area contributed by atoms with E-state index in [0.29, 0.717) is 9.65 Å². The van der Waals surface area contributed by atoms with Crippen LogP contribution in [0.4, 0.5) is 0 Å². The van der Waals surface area contributed by atoms with Crippen LogP contribution in [0.1, 0.15) is 32.6 Å². The van der Waals surface area contributed by atoms with Gasteiger partial charge in [0, 0.05) is 27.6 Å². The maximum atomic E-state index is 11.3. The Labute approximate surface area is 117 Å². The number of nitrogens with zero attached hydrogens (tertiary/aromatic N) is 1. The van der Waals surface area contributed by atoms with Crippen LogP contribution in [0.2, 0.25) is 0 Å². The van der Waals surface area contributed by atoms with Gasteiger partial charge >= 0.3 is 0 Å². The largest absolute Gasteiger partial charge is 0.268 e. The second-order valence-electron chi connectivity index (χ2n) is 3.81. The van der Waals surface area contributed by atoms with Crippen LogP contribution in [0.3, 0.4) is 0 Å². The van der Waals surface area contributed by atoms with Gasteiger partial charge in [-0.15, -0.1) is 0 Å². The standard InChI is InChI=1S/C11H17Br2NOS/c1-2-4-9(12)10(13)5-3-7-14-11(15)6-8-16-14/h6,8-10H,2-5,7H2,1H3. The summed E-state index contributed by atoms with van der Waals surface area (Å²) in [6.07, 6.45) is 4.53. The average molecular weight is 371 g/mol. The summed E-state index contributed by atoms with van der Waals surface area (Å²) < 4.78 is 1.81. The first-order valence-corrected chi connectivity index (χ1v) is 8.25. The first-order valence-electron chi connectivity index (χ1n) is 5.58. The van der Waals surface area contributed by atoms with Gasteiger partial charge in [-0.1, -0.05) is 56.7 Å². The second-order valence-corrected chi connectivity index (χ2v) is 7.09. The number of aryl methyl sites for hydroxylation is 1. The van der Waals surface area contributed by atoms with Gasteiger partial charge < -0.3 is 0 Å². The van der Waals surface area contributed by atoms with Gasteiger partial charge in [-0.3, -0.25) is 8.75 Å². The van der Waals surface area contributed by atoms with Crippen LogP contribution in [0.5, 0.6) is 0 Å². The van der Waals surface area contributed by atoms with Gasteiger partial charge in [-0.2, -0.15) is 0 Å². The van der Waals surface area contributed by atoms with E-state index in [4.69, 9.17) is 0 Å². The van der Waals surface area contributed by atoms with Gasteiger partial charge in [0.05, 0.1) is 0 Å². The molecule has 2 atom stereocenters. The minimum atomic E-state index is 0.125. The average Bonchev–Trinajstić information content (AvgIpc) is 2.65. The molecule has 0 fully saturated rings. The molecule has 0 N–H and O–H groups in total. The molecule has 1 aromatic heterocycles. The van der Waals surface area contributed by atoms with Crippen molar-refractivity contribution in [2.24, 2.45) is 0 Å². The second kappa shape index (κ2) is 7.67. The molecule has 1 rings (SSSR count). The molecule has 1 heterocycles. The molecule has 0 spiro atoms. The summed E-state index contributed by atoms with van der Waals surface area (Å²) >= 11 is 8.88. The van der Waals surface area contributed by atoms with Crippen molar-refractivity contribution in [2.45, 2.75) is 48.8 Å². The Morgan fingerprint density at radius 2 is 2.06 bits per heavy atom. The number of rotatable bonds is 7. The van der Waals surface area contributed by atoms with Crippen molar-refractivity contribution in [2.75, 3.05) is 0 Å². The van der Waals surface area contributed by atoms with Gasteiger partial charge in [0.25, 0.3) is 5.56 Å². The zero-order chi connectivity index (χ0) is 12.0. The van der Waals surface area contributed by atoms with E-state index < -0.39 is 0 Å². The molecule has 92 valence electrons. The summed E-state index contributed by atoms with van der Waals surface area (Å²) in [4.78, 5) is 12.3. The fourth-order valence-electron chi connectivity index (χ4n) is 1.53. The zero-order valence-electron chi connectivity index (χ0n) is 9.36. The first kappa shape index (κ1) is 14.5. The summed E-state index contributed by atoms with van der Waals surface area (Å²) in [7, 11) is 0. The van der Waals surface area contributed by atoms with E-state index in [1.165, 1.54) is 24.4 Å². The SMILES string of the molecule is CCCC(Br)C(Br)CCCn1sccc1=O.